The predicted octanol–water partition coefficient (Wildman–Crippen LogP) is 1.90. The van der Waals surface area contributed by atoms with Crippen molar-refractivity contribution < 1.29 is 24.9 Å². The Morgan fingerprint density at radius 1 is 1.36 bits per heavy atom. The van der Waals surface area contributed by atoms with Crippen LogP contribution < -0.4 is 10.1 Å². The number of aliphatic hydroxyl groups is 3. The van der Waals surface area contributed by atoms with E-state index in [-0.39, 0.29) is 31.0 Å². The first-order chi connectivity index (χ1) is 13.3. The Bertz CT molecular complexity index is 635. The molecule has 1 saturated carbocycles. The van der Waals surface area contributed by atoms with E-state index in [1.54, 1.807) is 6.07 Å². The third-order valence-electron chi connectivity index (χ3n) is 5.69. The van der Waals surface area contributed by atoms with Crippen molar-refractivity contribution in [2.24, 2.45) is 17.8 Å². The Morgan fingerprint density at radius 3 is 2.79 bits per heavy atom. The average Bonchev–Trinajstić information content (AvgIpc) is 2.66. The van der Waals surface area contributed by atoms with Gasteiger partial charge in [0.2, 0.25) is 0 Å². The smallest absolute Gasteiger partial charge is 0.252 e. The molecule has 2 rings (SSSR count). The monoisotopic (exact) mass is 393 g/mol. The van der Waals surface area contributed by atoms with Crippen LogP contribution in [0.3, 0.4) is 0 Å². The molecule has 0 spiro atoms. The molecule has 1 aliphatic carbocycles. The third-order valence-corrected chi connectivity index (χ3v) is 5.69. The number of carbonyl (C=O) groups excluding carboxylic acids is 1. The number of benzene rings is 1. The molecule has 3 unspecified atom stereocenters. The van der Waals surface area contributed by atoms with Gasteiger partial charge in [0.25, 0.3) is 5.91 Å². The summed E-state index contributed by atoms with van der Waals surface area (Å²) in [5.74, 6) is 0.922. The van der Waals surface area contributed by atoms with E-state index in [2.05, 4.69) is 26.1 Å². The summed E-state index contributed by atoms with van der Waals surface area (Å²) >= 11 is 0. The van der Waals surface area contributed by atoms with Crippen molar-refractivity contribution in [3.05, 3.63) is 29.8 Å². The lowest BCUT2D eigenvalue weighted by Crippen LogP contribution is -2.56. The lowest BCUT2D eigenvalue weighted by atomic mass is 9.66. The Kier molecular flexibility index (Phi) is 8.28. The van der Waals surface area contributed by atoms with Crippen LogP contribution in [0.25, 0.3) is 0 Å². The van der Waals surface area contributed by atoms with E-state index < -0.39 is 11.7 Å². The van der Waals surface area contributed by atoms with Gasteiger partial charge in [-0.1, -0.05) is 39.3 Å². The van der Waals surface area contributed by atoms with E-state index in [1.807, 2.05) is 18.2 Å². The zero-order valence-corrected chi connectivity index (χ0v) is 17.2. The largest absolute Gasteiger partial charge is 0.491 e. The van der Waals surface area contributed by atoms with E-state index in [0.717, 1.165) is 18.4 Å². The normalized spacial score (nSPS) is 26.1. The number of hydrogen-bond acceptors (Lipinski definition) is 5. The molecule has 1 amide bonds. The van der Waals surface area contributed by atoms with Crippen LogP contribution in [0.2, 0.25) is 0 Å². The molecular weight excluding hydrogens is 358 g/mol. The quantitative estimate of drug-likeness (QED) is 0.514. The van der Waals surface area contributed by atoms with Crippen LogP contribution in [0.15, 0.2) is 24.3 Å². The molecule has 6 heteroatoms. The van der Waals surface area contributed by atoms with Crippen molar-refractivity contribution in [3.8, 4) is 5.75 Å². The van der Waals surface area contributed by atoms with Crippen LogP contribution in [-0.2, 0) is 11.2 Å². The van der Waals surface area contributed by atoms with Gasteiger partial charge in [-0.15, -0.1) is 0 Å². The SMILES string of the molecule is CC1CCC(C(C)C)[C@@](O)(C(=O)NCCc2cccc(OCC(O)CO)c2)C1. The number of carbonyl (C=O) groups is 1. The molecule has 0 bridgehead atoms. The molecule has 0 saturated heterocycles. The molecule has 0 radical (unpaired) electrons. The highest BCUT2D eigenvalue weighted by Crippen LogP contribution is 2.41. The van der Waals surface area contributed by atoms with Gasteiger partial charge >= 0.3 is 0 Å². The van der Waals surface area contributed by atoms with Crippen LogP contribution in [-0.4, -0.2) is 52.7 Å². The third kappa shape index (κ3) is 5.93. The fraction of sp³-hybridized carbons (Fsp3) is 0.682. The molecule has 4 N–H and O–H groups in total. The summed E-state index contributed by atoms with van der Waals surface area (Å²) < 4.78 is 5.45. The standard InChI is InChI=1S/C22H35NO5/c1-15(2)20-8-7-16(3)12-22(20,27)21(26)23-10-9-17-5-4-6-19(11-17)28-14-18(25)13-24/h4-6,11,15-16,18,20,24-25,27H,7-10,12-14H2,1-3H3,(H,23,26)/t16?,18?,20?,22-/m1/s1. The second-order valence-corrected chi connectivity index (χ2v) is 8.46. The highest BCUT2D eigenvalue weighted by Gasteiger charge is 2.48. The van der Waals surface area contributed by atoms with Crippen molar-refractivity contribution in [2.45, 2.75) is 58.2 Å². The molecule has 1 fully saturated rings. The van der Waals surface area contributed by atoms with Gasteiger partial charge in [0.1, 0.15) is 24.1 Å². The van der Waals surface area contributed by atoms with Crippen LogP contribution in [0.5, 0.6) is 5.75 Å². The predicted molar refractivity (Wildman–Crippen MR) is 108 cm³/mol. The van der Waals surface area contributed by atoms with Gasteiger partial charge < -0.3 is 25.4 Å². The topological polar surface area (TPSA) is 99.0 Å². The summed E-state index contributed by atoms with van der Waals surface area (Å²) in [7, 11) is 0. The number of hydrogen-bond donors (Lipinski definition) is 4. The molecule has 0 heterocycles. The maximum atomic E-state index is 12.8. The zero-order valence-electron chi connectivity index (χ0n) is 17.2. The zero-order chi connectivity index (χ0) is 20.7. The van der Waals surface area contributed by atoms with Crippen LogP contribution in [0, 0.1) is 17.8 Å². The Hall–Kier alpha value is -1.63. The molecule has 158 valence electrons. The molecule has 0 aromatic heterocycles. The molecule has 28 heavy (non-hydrogen) atoms. The van der Waals surface area contributed by atoms with Crippen molar-refractivity contribution in [3.63, 3.8) is 0 Å². The van der Waals surface area contributed by atoms with Crippen molar-refractivity contribution >= 4 is 5.91 Å². The summed E-state index contributed by atoms with van der Waals surface area (Å²) in [6.07, 6.45) is 2.15. The molecule has 1 aliphatic rings. The number of nitrogens with one attached hydrogen (secondary N) is 1. The highest BCUT2D eigenvalue weighted by molar-refractivity contribution is 5.85. The Labute approximate surface area is 167 Å². The number of ether oxygens (including phenoxy) is 1. The van der Waals surface area contributed by atoms with Gasteiger partial charge in [0.15, 0.2) is 0 Å². The molecule has 4 atom stereocenters. The fourth-order valence-electron chi connectivity index (χ4n) is 4.14. The Balaban J connectivity index is 1.90. The van der Waals surface area contributed by atoms with E-state index in [1.165, 1.54) is 0 Å². The molecule has 0 aliphatic heterocycles. The molecule has 1 aromatic rings. The number of rotatable bonds is 9. The summed E-state index contributed by atoms with van der Waals surface area (Å²) in [6, 6.07) is 7.43. The van der Waals surface area contributed by atoms with Crippen LogP contribution >= 0.6 is 0 Å². The van der Waals surface area contributed by atoms with Crippen LogP contribution in [0.1, 0.15) is 45.6 Å². The van der Waals surface area contributed by atoms with E-state index in [4.69, 9.17) is 9.84 Å². The van der Waals surface area contributed by atoms with E-state index in [9.17, 15) is 15.0 Å². The van der Waals surface area contributed by atoms with Gasteiger partial charge in [0.05, 0.1) is 6.61 Å². The lowest BCUT2D eigenvalue weighted by molar-refractivity contribution is -0.155. The summed E-state index contributed by atoms with van der Waals surface area (Å²) in [6.45, 7) is 6.34. The molecule has 6 nitrogen and oxygen atoms in total. The maximum absolute atomic E-state index is 12.8. The fourth-order valence-corrected chi connectivity index (χ4v) is 4.14. The van der Waals surface area contributed by atoms with Gasteiger partial charge in [0, 0.05) is 6.54 Å². The molecular formula is C22H35NO5. The minimum Gasteiger partial charge on any atom is -0.491 e. The second kappa shape index (κ2) is 10.2. The van der Waals surface area contributed by atoms with Gasteiger partial charge in [-0.05, 0) is 54.7 Å². The van der Waals surface area contributed by atoms with Gasteiger partial charge in [-0.2, -0.15) is 0 Å². The first kappa shape index (κ1) is 22.7. The minimum absolute atomic E-state index is 0.0154. The van der Waals surface area contributed by atoms with Gasteiger partial charge in [-0.3, -0.25) is 4.79 Å². The lowest BCUT2D eigenvalue weighted by Gasteiger charge is -2.43. The average molecular weight is 394 g/mol. The van der Waals surface area contributed by atoms with Crippen molar-refractivity contribution in [1.29, 1.82) is 0 Å². The molecule has 1 aromatic carbocycles. The second-order valence-electron chi connectivity index (χ2n) is 8.46. The maximum Gasteiger partial charge on any atom is 0.252 e. The highest BCUT2D eigenvalue weighted by atomic mass is 16.5. The summed E-state index contributed by atoms with van der Waals surface area (Å²) in [5.41, 5.74) is -0.308. The van der Waals surface area contributed by atoms with Crippen LogP contribution in [0.4, 0.5) is 0 Å². The van der Waals surface area contributed by atoms with E-state index in [0.29, 0.717) is 31.1 Å². The first-order valence-corrected chi connectivity index (χ1v) is 10.3. The minimum atomic E-state index is -1.29. The van der Waals surface area contributed by atoms with E-state index >= 15 is 0 Å². The number of aliphatic hydroxyl groups excluding tert-OH is 2. The Morgan fingerprint density at radius 2 is 2.11 bits per heavy atom. The van der Waals surface area contributed by atoms with Crippen molar-refractivity contribution in [2.75, 3.05) is 19.8 Å². The summed E-state index contributed by atoms with van der Waals surface area (Å²) in [5, 5.41) is 32.3. The van der Waals surface area contributed by atoms with Gasteiger partial charge in [-0.25, -0.2) is 0 Å². The first-order valence-electron chi connectivity index (χ1n) is 10.3. The summed E-state index contributed by atoms with van der Waals surface area (Å²) in [4.78, 5) is 12.8. The number of amides is 1. The van der Waals surface area contributed by atoms with Crippen molar-refractivity contribution in [1.82, 2.24) is 5.32 Å².